The molecule has 0 spiro atoms. The molecule has 0 aromatic heterocycles. The Morgan fingerprint density at radius 3 is 1.13 bits per heavy atom. The van der Waals surface area contributed by atoms with E-state index in [1.807, 2.05) is 0 Å². The van der Waals surface area contributed by atoms with Crippen molar-refractivity contribution in [3.8, 4) is 11.1 Å². The highest BCUT2D eigenvalue weighted by molar-refractivity contribution is 5.94. The zero-order valence-electron chi connectivity index (χ0n) is 43.2. The average Bonchev–Trinajstić information content (AvgIpc) is 3.37. The molecule has 7 aromatic carbocycles. The second-order valence-corrected chi connectivity index (χ2v) is 20.0. The molecule has 0 aliphatic rings. The Kier molecular flexibility index (Phi) is 18.6. The summed E-state index contributed by atoms with van der Waals surface area (Å²) >= 11 is 0. The minimum absolute atomic E-state index is 0.695. The second kappa shape index (κ2) is 25.1. The highest BCUT2D eigenvalue weighted by atomic mass is 15.2. The normalized spacial score (nSPS) is 12.4. The SMILES string of the molecule is CCCCc1ccc(N(c2ccc(C)cc2)c2ccc(N(c3ccc(CCCC)cc3)c3ccc(-c4cc(CC(CC)CCCC)c5cc(C)cc(CC(CC)CCCC)c5c4)cc3)cc2)cc1. The van der Waals surface area contributed by atoms with Crippen LogP contribution in [0, 0.1) is 25.7 Å². The van der Waals surface area contributed by atoms with Crippen molar-refractivity contribution < 1.29 is 0 Å². The number of anilines is 6. The van der Waals surface area contributed by atoms with Crippen molar-refractivity contribution >= 4 is 44.9 Å². The van der Waals surface area contributed by atoms with Crippen molar-refractivity contribution in [2.24, 2.45) is 11.8 Å². The van der Waals surface area contributed by atoms with Gasteiger partial charge < -0.3 is 9.80 Å². The fraction of sp³-hybridized carbons (Fsp3) is 0.394. The number of hydrogen-bond acceptors (Lipinski definition) is 2. The van der Waals surface area contributed by atoms with Gasteiger partial charge in [0.1, 0.15) is 0 Å². The van der Waals surface area contributed by atoms with Gasteiger partial charge in [0.25, 0.3) is 0 Å². The molecule has 0 fully saturated rings. The predicted octanol–water partition coefficient (Wildman–Crippen LogP) is 20.3. The van der Waals surface area contributed by atoms with Gasteiger partial charge in [0, 0.05) is 34.1 Å². The van der Waals surface area contributed by atoms with Crippen LogP contribution in [0.5, 0.6) is 0 Å². The first-order valence-corrected chi connectivity index (χ1v) is 26.9. The molecule has 0 radical (unpaired) electrons. The lowest BCUT2D eigenvalue weighted by Gasteiger charge is -2.29. The summed E-state index contributed by atoms with van der Waals surface area (Å²) in [5.41, 5.74) is 18.1. The summed E-state index contributed by atoms with van der Waals surface area (Å²) < 4.78 is 0. The van der Waals surface area contributed by atoms with Crippen LogP contribution in [-0.4, -0.2) is 0 Å². The van der Waals surface area contributed by atoms with Gasteiger partial charge in [0.15, 0.2) is 0 Å². The number of fused-ring (bicyclic) bond motifs is 1. The first-order chi connectivity index (χ1) is 33.2. The maximum absolute atomic E-state index is 2.55. The smallest absolute Gasteiger partial charge is 0.0463 e. The summed E-state index contributed by atoms with van der Waals surface area (Å²) in [5, 5.41) is 2.94. The van der Waals surface area contributed by atoms with Gasteiger partial charge in [-0.2, -0.15) is 0 Å². The fourth-order valence-corrected chi connectivity index (χ4v) is 10.3. The van der Waals surface area contributed by atoms with Gasteiger partial charge in [0.05, 0.1) is 0 Å². The van der Waals surface area contributed by atoms with E-state index in [2.05, 4.69) is 211 Å². The zero-order chi connectivity index (χ0) is 47.8. The van der Waals surface area contributed by atoms with E-state index >= 15 is 0 Å². The van der Waals surface area contributed by atoms with Gasteiger partial charge in [-0.25, -0.2) is 0 Å². The first kappa shape index (κ1) is 50.3. The third kappa shape index (κ3) is 12.9. The maximum Gasteiger partial charge on any atom is 0.0463 e. The molecule has 356 valence electrons. The van der Waals surface area contributed by atoms with Crippen LogP contribution in [0.4, 0.5) is 34.1 Å². The molecule has 7 rings (SSSR count). The van der Waals surface area contributed by atoms with E-state index in [0.29, 0.717) is 11.8 Å². The largest absolute Gasteiger partial charge is 0.311 e. The predicted molar refractivity (Wildman–Crippen MR) is 299 cm³/mol. The molecule has 0 N–H and O–H groups in total. The molecule has 0 aliphatic carbocycles. The number of unbranched alkanes of at least 4 members (excludes halogenated alkanes) is 4. The quantitative estimate of drug-likeness (QED) is 0.0564. The zero-order valence-corrected chi connectivity index (χ0v) is 43.2. The first-order valence-electron chi connectivity index (χ1n) is 26.9. The summed E-state index contributed by atoms with van der Waals surface area (Å²) in [4.78, 5) is 4.82. The number of aryl methyl sites for hydroxylation is 4. The molecule has 0 amide bonds. The van der Waals surface area contributed by atoms with Crippen molar-refractivity contribution in [2.45, 2.75) is 158 Å². The lowest BCUT2D eigenvalue weighted by atomic mass is 9.84. The Bertz CT molecular complexity index is 2580. The molecule has 0 saturated heterocycles. The van der Waals surface area contributed by atoms with Gasteiger partial charge in [-0.3, -0.25) is 0 Å². The summed E-state index contributed by atoms with van der Waals surface area (Å²) in [6, 6.07) is 56.1. The topological polar surface area (TPSA) is 6.48 Å². The second-order valence-electron chi connectivity index (χ2n) is 20.0. The molecule has 7 aromatic rings. The average molecular weight is 903 g/mol. The van der Waals surface area contributed by atoms with Gasteiger partial charge in [-0.05, 0) is 187 Å². The van der Waals surface area contributed by atoms with Crippen LogP contribution in [0.15, 0.2) is 146 Å². The third-order valence-corrected chi connectivity index (χ3v) is 14.6. The Labute approximate surface area is 412 Å². The van der Waals surface area contributed by atoms with Crippen molar-refractivity contribution in [3.05, 3.63) is 179 Å². The molecule has 0 aliphatic heterocycles. The lowest BCUT2D eigenvalue weighted by Crippen LogP contribution is -2.12. The number of hydrogen-bond donors (Lipinski definition) is 0. The van der Waals surface area contributed by atoms with Crippen LogP contribution in [0.3, 0.4) is 0 Å². The maximum atomic E-state index is 2.55. The van der Waals surface area contributed by atoms with Crippen molar-refractivity contribution in [2.75, 3.05) is 9.80 Å². The van der Waals surface area contributed by atoms with E-state index < -0.39 is 0 Å². The lowest BCUT2D eigenvalue weighted by molar-refractivity contribution is 0.449. The number of benzene rings is 7. The standard InChI is InChI=1S/C66H82N2/c1-9-15-19-51(13-5)45-57-43-50(8)44-65-58(46-52(14-6)20-16-10-2)47-56(48-66(57)65)55-29-37-62(38-30-55)68(61-35-27-54(28-36-61)22-18-12-4)64-41-39-63(40-42-64)67(59-31-23-49(7)24-32-59)60-33-25-53(26-34-60)21-17-11-3/h23-44,47-48,51-52H,9-22,45-46H2,1-8H3. The molecule has 68 heavy (non-hydrogen) atoms. The monoisotopic (exact) mass is 903 g/mol. The van der Waals surface area contributed by atoms with Gasteiger partial charge in [-0.15, -0.1) is 0 Å². The van der Waals surface area contributed by atoms with Crippen molar-refractivity contribution in [3.63, 3.8) is 0 Å². The highest BCUT2D eigenvalue weighted by Gasteiger charge is 2.19. The minimum atomic E-state index is 0.695. The van der Waals surface area contributed by atoms with Crippen LogP contribution in [0.2, 0.25) is 0 Å². The van der Waals surface area contributed by atoms with E-state index in [4.69, 9.17) is 0 Å². The molecule has 2 heteroatoms. The molecule has 0 heterocycles. The molecular formula is C66H82N2. The summed E-state index contributed by atoms with van der Waals surface area (Å²) in [7, 11) is 0. The van der Waals surface area contributed by atoms with E-state index in [1.54, 1.807) is 0 Å². The molecule has 0 bridgehead atoms. The van der Waals surface area contributed by atoms with E-state index in [9.17, 15) is 0 Å². The highest BCUT2D eigenvalue weighted by Crippen LogP contribution is 2.41. The van der Waals surface area contributed by atoms with E-state index in [0.717, 1.165) is 48.4 Å². The summed E-state index contributed by atoms with van der Waals surface area (Å²) in [6.45, 7) is 18.5. The van der Waals surface area contributed by atoms with Crippen LogP contribution in [-0.2, 0) is 25.7 Å². The number of rotatable bonds is 25. The molecule has 2 atom stereocenters. The van der Waals surface area contributed by atoms with Crippen LogP contribution < -0.4 is 9.80 Å². The Morgan fingerprint density at radius 1 is 0.353 bits per heavy atom. The van der Waals surface area contributed by atoms with Gasteiger partial charge >= 0.3 is 0 Å². The van der Waals surface area contributed by atoms with E-state index in [-0.39, 0.29) is 0 Å². The number of nitrogens with zero attached hydrogens (tertiary/aromatic N) is 2. The van der Waals surface area contributed by atoms with Crippen molar-refractivity contribution in [1.29, 1.82) is 0 Å². The Morgan fingerprint density at radius 2 is 0.721 bits per heavy atom. The Hall–Kier alpha value is -5.60. The molecule has 2 unspecified atom stereocenters. The van der Waals surface area contributed by atoms with Crippen molar-refractivity contribution in [1.82, 2.24) is 0 Å². The van der Waals surface area contributed by atoms with Crippen LogP contribution in [0.1, 0.15) is 152 Å². The van der Waals surface area contributed by atoms with Crippen LogP contribution >= 0.6 is 0 Å². The van der Waals surface area contributed by atoms with Gasteiger partial charge in [0.2, 0.25) is 0 Å². The molecule has 0 saturated carbocycles. The third-order valence-electron chi connectivity index (χ3n) is 14.6. The molecular weight excluding hydrogens is 821 g/mol. The Balaban J connectivity index is 1.29. The van der Waals surface area contributed by atoms with Crippen LogP contribution in [0.25, 0.3) is 21.9 Å². The van der Waals surface area contributed by atoms with E-state index in [1.165, 1.54) is 144 Å². The van der Waals surface area contributed by atoms with Gasteiger partial charge in [-0.1, -0.05) is 184 Å². The summed E-state index contributed by atoms with van der Waals surface area (Å²) in [6.07, 6.45) is 19.5. The summed E-state index contributed by atoms with van der Waals surface area (Å²) in [5.74, 6) is 1.41. The fourth-order valence-electron chi connectivity index (χ4n) is 10.3. The molecule has 2 nitrogen and oxygen atoms in total. The minimum Gasteiger partial charge on any atom is -0.311 e.